The fourth-order valence-electron chi connectivity index (χ4n) is 3.44. The molecule has 0 saturated carbocycles. The maximum absolute atomic E-state index is 14.2. The van der Waals surface area contributed by atoms with Crippen LogP contribution in [0.5, 0.6) is 0 Å². The summed E-state index contributed by atoms with van der Waals surface area (Å²) < 4.78 is 19.5. The molecule has 2 nitrogen and oxygen atoms in total. The van der Waals surface area contributed by atoms with Crippen molar-refractivity contribution in [3.05, 3.63) is 22.7 Å². The minimum absolute atomic E-state index is 0.278. The van der Waals surface area contributed by atoms with Gasteiger partial charge in [-0.3, -0.25) is 0 Å². The van der Waals surface area contributed by atoms with Crippen molar-refractivity contribution in [3.63, 3.8) is 0 Å². The Kier molecular flexibility index (Phi) is 3.71. The van der Waals surface area contributed by atoms with Gasteiger partial charge in [-0.25, -0.2) is 4.39 Å². The number of nitrogens with zero attached hydrogens (tertiary/aromatic N) is 1. The van der Waals surface area contributed by atoms with E-state index in [1.54, 1.807) is 13.2 Å². The number of allylic oxidation sites excluding steroid dienone is 2. The Morgan fingerprint density at radius 2 is 2.10 bits per heavy atom. The Morgan fingerprint density at radius 3 is 2.65 bits per heavy atom. The number of piperidine rings is 1. The van der Waals surface area contributed by atoms with Gasteiger partial charge in [0, 0.05) is 10.9 Å². The lowest BCUT2D eigenvalue weighted by molar-refractivity contribution is 0.186. The highest BCUT2D eigenvalue weighted by Gasteiger charge is 2.63. The van der Waals surface area contributed by atoms with Crippen molar-refractivity contribution >= 4 is 7.92 Å². The van der Waals surface area contributed by atoms with Gasteiger partial charge in [0.2, 0.25) is 5.67 Å². The Balaban J connectivity index is 1.71. The molecule has 1 aliphatic heterocycles. The summed E-state index contributed by atoms with van der Waals surface area (Å²) in [6.07, 6.45) is 5.57. The molecule has 0 amide bonds. The van der Waals surface area contributed by atoms with Crippen LogP contribution >= 0.6 is 7.92 Å². The average Bonchev–Trinajstić information content (AvgIpc) is 2.98. The molecule has 0 aromatic heterocycles. The zero-order chi connectivity index (χ0) is 14.5. The second-order valence-electron chi connectivity index (χ2n) is 6.64. The standard InChI is InChI=1S/C16H25FNOP/c1-11(2)20(10-12-5-7-18(3)8-6-12)14-13-9-16(13,17)15(14)19-4/h9,11-12H,5-8,10H2,1-4H3. The first-order valence-corrected chi connectivity index (χ1v) is 9.23. The van der Waals surface area contributed by atoms with E-state index in [0.29, 0.717) is 11.4 Å². The van der Waals surface area contributed by atoms with Crippen molar-refractivity contribution < 1.29 is 9.13 Å². The lowest BCUT2D eigenvalue weighted by Gasteiger charge is -2.37. The van der Waals surface area contributed by atoms with E-state index in [-0.39, 0.29) is 7.92 Å². The predicted octanol–water partition coefficient (Wildman–Crippen LogP) is 3.74. The molecule has 0 N–H and O–H groups in total. The van der Waals surface area contributed by atoms with E-state index in [1.165, 1.54) is 37.4 Å². The van der Waals surface area contributed by atoms with Crippen LogP contribution in [0.15, 0.2) is 22.7 Å². The Labute approximate surface area is 122 Å². The molecule has 0 spiro atoms. The van der Waals surface area contributed by atoms with Gasteiger partial charge in [0.1, 0.15) is 5.76 Å². The summed E-state index contributed by atoms with van der Waals surface area (Å²) in [7, 11) is 3.54. The summed E-state index contributed by atoms with van der Waals surface area (Å²) >= 11 is 0. The van der Waals surface area contributed by atoms with E-state index in [1.807, 2.05) is 0 Å². The van der Waals surface area contributed by atoms with Crippen molar-refractivity contribution in [1.82, 2.24) is 4.90 Å². The van der Waals surface area contributed by atoms with Crippen LogP contribution in [0.1, 0.15) is 26.7 Å². The minimum atomic E-state index is -1.26. The van der Waals surface area contributed by atoms with Gasteiger partial charge in [-0.1, -0.05) is 21.8 Å². The van der Waals surface area contributed by atoms with Gasteiger partial charge >= 0.3 is 0 Å². The van der Waals surface area contributed by atoms with E-state index >= 15 is 0 Å². The van der Waals surface area contributed by atoms with E-state index in [2.05, 4.69) is 25.8 Å². The summed E-state index contributed by atoms with van der Waals surface area (Å²) in [4.78, 5) is 2.41. The molecule has 0 aromatic rings. The van der Waals surface area contributed by atoms with Crippen LogP contribution < -0.4 is 0 Å². The number of methoxy groups -OCH3 is 1. The highest BCUT2D eigenvalue weighted by atomic mass is 31.1. The van der Waals surface area contributed by atoms with Crippen molar-refractivity contribution in [2.45, 2.75) is 38.0 Å². The second-order valence-corrected chi connectivity index (χ2v) is 9.43. The molecule has 112 valence electrons. The molecule has 20 heavy (non-hydrogen) atoms. The molecule has 2 unspecified atom stereocenters. The molecule has 1 heterocycles. The highest BCUT2D eigenvalue weighted by molar-refractivity contribution is 7.63. The van der Waals surface area contributed by atoms with Crippen LogP contribution in [0.25, 0.3) is 0 Å². The smallest absolute Gasteiger partial charge is 0.212 e. The van der Waals surface area contributed by atoms with Gasteiger partial charge in [-0.2, -0.15) is 0 Å². The van der Waals surface area contributed by atoms with Crippen molar-refractivity contribution in [3.8, 4) is 0 Å². The molecule has 0 bridgehead atoms. The van der Waals surface area contributed by atoms with Gasteiger partial charge in [0.15, 0.2) is 0 Å². The van der Waals surface area contributed by atoms with Crippen molar-refractivity contribution in [1.29, 1.82) is 0 Å². The quantitative estimate of drug-likeness (QED) is 0.717. The number of hydrogen-bond donors (Lipinski definition) is 0. The third kappa shape index (κ3) is 2.23. The van der Waals surface area contributed by atoms with Gasteiger partial charge in [0.25, 0.3) is 0 Å². The first-order chi connectivity index (χ1) is 9.47. The second kappa shape index (κ2) is 5.10. The number of rotatable bonds is 5. The average molecular weight is 297 g/mol. The summed E-state index contributed by atoms with van der Waals surface area (Å²) in [5.74, 6) is 1.43. The number of ether oxygens (including phenoxy) is 1. The SMILES string of the molecule is COC1=C(P(CC2CCN(C)CC2)C(C)C)C2=CC21F. The summed E-state index contributed by atoms with van der Waals surface area (Å²) in [6.45, 7) is 6.97. The fraction of sp³-hybridized carbons (Fsp3) is 0.750. The zero-order valence-electron chi connectivity index (χ0n) is 12.9. The molecular formula is C16H25FNOP. The highest BCUT2D eigenvalue weighted by Crippen LogP contribution is 2.71. The first-order valence-electron chi connectivity index (χ1n) is 7.64. The Hall–Kier alpha value is -0.400. The van der Waals surface area contributed by atoms with Crippen LogP contribution in [0.3, 0.4) is 0 Å². The summed E-state index contributed by atoms with van der Waals surface area (Å²) in [6, 6.07) is 0. The Morgan fingerprint density at radius 1 is 1.45 bits per heavy atom. The molecule has 2 aliphatic carbocycles. The van der Waals surface area contributed by atoms with Crippen LogP contribution in [-0.4, -0.2) is 49.6 Å². The van der Waals surface area contributed by atoms with Crippen molar-refractivity contribution in [2.75, 3.05) is 33.4 Å². The van der Waals surface area contributed by atoms with E-state index < -0.39 is 5.67 Å². The molecule has 1 saturated heterocycles. The molecule has 0 radical (unpaired) electrons. The molecule has 1 fully saturated rings. The number of alkyl halides is 1. The number of halogens is 1. The van der Waals surface area contributed by atoms with E-state index in [9.17, 15) is 4.39 Å². The largest absolute Gasteiger partial charge is 0.496 e. The monoisotopic (exact) mass is 297 g/mol. The summed E-state index contributed by atoms with van der Waals surface area (Å²) in [5, 5.41) is 1.25. The molecule has 3 aliphatic rings. The van der Waals surface area contributed by atoms with Crippen LogP contribution in [0, 0.1) is 5.92 Å². The van der Waals surface area contributed by atoms with E-state index in [4.69, 9.17) is 4.74 Å². The lowest BCUT2D eigenvalue weighted by atomic mass is 9.99. The molecule has 3 rings (SSSR count). The topological polar surface area (TPSA) is 12.5 Å². The third-order valence-electron chi connectivity index (χ3n) is 4.86. The molecule has 0 aromatic carbocycles. The van der Waals surface area contributed by atoms with Crippen LogP contribution in [0.2, 0.25) is 0 Å². The maximum atomic E-state index is 14.2. The third-order valence-corrected chi connectivity index (χ3v) is 8.04. The van der Waals surface area contributed by atoms with Crippen molar-refractivity contribution in [2.24, 2.45) is 5.92 Å². The van der Waals surface area contributed by atoms with Gasteiger partial charge in [-0.15, -0.1) is 0 Å². The zero-order valence-corrected chi connectivity index (χ0v) is 13.8. The van der Waals surface area contributed by atoms with Gasteiger partial charge in [0.05, 0.1) is 7.11 Å². The normalized spacial score (nSPS) is 31.8. The van der Waals surface area contributed by atoms with Gasteiger partial charge < -0.3 is 9.64 Å². The number of likely N-dealkylation sites (tertiary alicyclic amines) is 1. The minimum Gasteiger partial charge on any atom is -0.496 e. The first kappa shape index (κ1) is 14.5. The Bertz CT molecular complexity index is 465. The molecular weight excluding hydrogens is 272 g/mol. The number of fused-ring (bicyclic) bond motifs is 1. The van der Waals surface area contributed by atoms with Crippen LogP contribution in [-0.2, 0) is 4.74 Å². The predicted molar refractivity (Wildman–Crippen MR) is 83.1 cm³/mol. The van der Waals surface area contributed by atoms with E-state index in [0.717, 1.165) is 11.5 Å². The fourth-order valence-corrected chi connectivity index (χ4v) is 6.53. The molecule has 2 atom stereocenters. The number of hydrogen-bond acceptors (Lipinski definition) is 2. The lowest BCUT2D eigenvalue weighted by Crippen LogP contribution is -2.32. The summed E-state index contributed by atoms with van der Waals surface area (Å²) in [5.41, 5.74) is 0.296. The maximum Gasteiger partial charge on any atom is 0.212 e. The molecule has 4 heteroatoms. The van der Waals surface area contributed by atoms with Crippen LogP contribution in [0.4, 0.5) is 4.39 Å². The van der Waals surface area contributed by atoms with Gasteiger partial charge in [-0.05, 0) is 56.8 Å².